The Morgan fingerprint density at radius 2 is 1.00 bits per heavy atom. The molecule has 0 unspecified atom stereocenters. The van der Waals surface area contributed by atoms with Crippen LogP contribution in [0.15, 0.2) is 0 Å². The molecular weight excluding hydrogens is 242 g/mol. The number of hydrogen-bond donors (Lipinski definition) is 0. The molecule has 0 spiro atoms. The molecule has 1 heteroatoms. The second kappa shape index (κ2) is 13.9. The second-order valence-corrected chi connectivity index (χ2v) is 7.13. The Balaban J connectivity index is 3.13. The van der Waals surface area contributed by atoms with Crippen LogP contribution in [0.5, 0.6) is 0 Å². The van der Waals surface area contributed by atoms with E-state index in [9.17, 15) is 0 Å². The van der Waals surface area contributed by atoms with Gasteiger partial charge in [0.1, 0.15) is 0 Å². The maximum atomic E-state index is 3.96. The average Bonchev–Trinajstić information content (AvgIpc) is 2.40. The van der Waals surface area contributed by atoms with Gasteiger partial charge < -0.3 is 4.48 Å². The fourth-order valence-corrected chi connectivity index (χ4v) is 2.92. The first kappa shape index (κ1) is 20.0. The lowest BCUT2D eigenvalue weighted by Gasteiger charge is -2.29. The number of unbranched alkanes of at least 4 members (excludes halogenated alkanes) is 11. The summed E-state index contributed by atoms with van der Waals surface area (Å²) in [6, 6.07) is 0. The predicted molar refractivity (Wildman–Crippen MR) is 92.9 cm³/mol. The van der Waals surface area contributed by atoms with Crippen molar-refractivity contribution < 1.29 is 4.48 Å². The normalized spacial score (nSPS) is 12.0. The summed E-state index contributed by atoms with van der Waals surface area (Å²) in [5, 5.41) is 0. The van der Waals surface area contributed by atoms with Gasteiger partial charge in [-0.25, -0.2) is 0 Å². The third kappa shape index (κ3) is 14.4. The first-order valence-corrected chi connectivity index (χ1v) is 9.23. The van der Waals surface area contributed by atoms with Gasteiger partial charge in [-0.3, -0.25) is 0 Å². The van der Waals surface area contributed by atoms with Gasteiger partial charge in [-0.2, -0.15) is 0 Å². The summed E-state index contributed by atoms with van der Waals surface area (Å²) in [7, 11) is 4.67. The molecule has 0 bridgehead atoms. The Bertz CT molecular complexity index is 186. The predicted octanol–water partition coefficient (Wildman–Crippen LogP) is 5.99. The smallest absolute Gasteiger partial charge is 0.0782 e. The van der Waals surface area contributed by atoms with Gasteiger partial charge in [0.05, 0.1) is 27.2 Å². The summed E-state index contributed by atoms with van der Waals surface area (Å²) >= 11 is 0. The highest BCUT2D eigenvalue weighted by Crippen LogP contribution is 2.12. The lowest BCUT2D eigenvalue weighted by atomic mass is 10.1. The lowest BCUT2D eigenvalue weighted by molar-refractivity contribution is -0.890. The van der Waals surface area contributed by atoms with Crippen molar-refractivity contribution in [2.24, 2.45) is 0 Å². The lowest BCUT2D eigenvalue weighted by Crippen LogP contribution is -2.40. The molecule has 0 aromatic rings. The van der Waals surface area contributed by atoms with Crippen molar-refractivity contribution in [1.82, 2.24) is 0 Å². The summed E-state index contributed by atoms with van der Waals surface area (Å²) in [4.78, 5) is 0. The molecule has 1 radical (unpaired) electrons. The van der Waals surface area contributed by atoms with Crippen molar-refractivity contribution in [2.45, 2.75) is 90.4 Å². The van der Waals surface area contributed by atoms with Crippen molar-refractivity contribution in [3.05, 3.63) is 6.92 Å². The van der Waals surface area contributed by atoms with E-state index in [4.69, 9.17) is 0 Å². The molecule has 0 amide bonds. The summed E-state index contributed by atoms with van der Waals surface area (Å²) < 4.78 is 1.15. The molecular formula is C19H41N+. The fraction of sp³-hybridized carbons (Fsp3) is 0.947. The Hall–Kier alpha value is -0.0400. The van der Waals surface area contributed by atoms with Crippen LogP contribution in [0.25, 0.3) is 0 Å². The Kier molecular flexibility index (Phi) is 13.9. The number of rotatable bonds is 15. The van der Waals surface area contributed by atoms with Gasteiger partial charge >= 0.3 is 0 Å². The molecule has 0 saturated heterocycles. The molecule has 0 rings (SSSR count). The van der Waals surface area contributed by atoms with E-state index in [1.165, 1.54) is 90.1 Å². The van der Waals surface area contributed by atoms with Crippen LogP contribution in [0.3, 0.4) is 0 Å². The Morgan fingerprint density at radius 1 is 0.600 bits per heavy atom. The van der Waals surface area contributed by atoms with Gasteiger partial charge in [-0.05, 0) is 26.2 Å². The van der Waals surface area contributed by atoms with Crippen LogP contribution in [0.4, 0.5) is 0 Å². The zero-order valence-corrected chi connectivity index (χ0v) is 14.8. The average molecular weight is 284 g/mol. The minimum Gasteiger partial charge on any atom is -0.328 e. The van der Waals surface area contributed by atoms with Crippen LogP contribution >= 0.6 is 0 Å². The van der Waals surface area contributed by atoms with Crippen molar-refractivity contribution >= 4 is 0 Å². The van der Waals surface area contributed by atoms with Crippen LogP contribution in [0, 0.1) is 6.92 Å². The third-order valence-electron chi connectivity index (χ3n) is 4.38. The zero-order chi connectivity index (χ0) is 15.1. The monoisotopic (exact) mass is 283 g/mol. The maximum Gasteiger partial charge on any atom is 0.0782 e. The van der Waals surface area contributed by atoms with E-state index in [0.717, 1.165) is 10.9 Å². The van der Waals surface area contributed by atoms with Crippen LogP contribution < -0.4 is 0 Å². The molecule has 0 fully saturated rings. The highest BCUT2D eigenvalue weighted by atomic mass is 15.3. The van der Waals surface area contributed by atoms with Gasteiger partial charge in [-0.1, -0.05) is 71.1 Å². The van der Waals surface area contributed by atoms with E-state index in [1.807, 2.05) is 0 Å². The Labute approximate surface area is 129 Å². The van der Waals surface area contributed by atoms with Gasteiger partial charge in [0.25, 0.3) is 0 Å². The largest absolute Gasteiger partial charge is 0.328 e. The minimum absolute atomic E-state index is 1.06. The molecule has 1 nitrogen and oxygen atoms in total. The van der Waals surface area contributed by atoms with Crippen molar-refractivity contribution in [3.8, 4) is 0 Å². The van der Waals surface area contributed by atoms with E-state index >= 15 is 0 Å². The van der Waals surface area contributed by atoms with Crippen molar-refractivity contribution in [2.75, 3.05) is 27.2 Å². The first-order valence-electron chi connectivity index (χ1n) is 9.23. The zero-order valence-electron chi connectivity index (χ0n) is 14.8. The van der Waals surface area contributed by atoms with Crippen molar-refractivity contribution in [1.29, 1.82) is 0 Å². The van der Waals surface area contributed by atoms with Gasteiger partial charge in [0.15, 0.2) is 0 Å². The van der Waals surface area contributed by atoms with Gasteiger partial charge in [-0.15, -0.1) is 0 Å². The molecule has 0 heterocycles. The van der Waals surface area contributed by atoms with Gasteiger partial charge in [0.2, 0.25) is 0 Å². The van der Waals surface area contributed by atoms with Gasteiger partial charge in [0, 0.05) is 0 Å². The van der Waals surface area contributed by atoms with Crippen LogP contribution in [0.1, 0.15) is 90.4 Å². The quantitative estimate of drug-likeness (QED) is 0.256. The summed E-state index contributed by atoms with van der Waals surface area (Å²) in [5.74, 6) is 0. The van der Waals surface area contributed by atoms with E-state index in [1.54, 1.807) is 0 Å². The van der Waals surface area contributed by atoms with Crippen LogP contribution in [-0.2, 0) is 0 Å². The fourth-order valence-electron chi connectivity index (χ4n) is 2.92. The van der Waals surface area contributed by atoms with E-state index in [-0.39, 0.29) is 0 Å². The molecule has 0 aromatic heterocycles. The SMILES string of the molecule is [CH2]CC[N+](C)(C)CCCCCCCCCCCCCC. The molecule has 121 valence electrons. The molecule has 20 heavy (non-hydrogen) atoms. The Morgan fingerprint density at radius 3 is 1.40 bits per heavy atom. The number of nitrogens with zero attached hydrogens (tertiary/aromatic N) is 1. The third-order valence-corrected chi connectivity index (χ3v) is 4.38. The molecule has 0 saturated carbocycles. The standard InChI is InChI=1S/C19H41N/c1-5-7-8-9-10-11-12-13-14-15-16-17-19-20(3,4)18-6-2/h2,5-19H2,1,3-4H3/q+1. The number of quaternary nitrogens is 1. The summed E-state index contributed by atoms with van der Waals surface area (Å²) in [6.07, 6.45) is 18.4. The van der Waals surface area contributed by atoms with Crippen LogP contribution in [0.2, 0.25) is 0 Å². The molecule has 0 aromatic carbocycles. The topological polar surface area (TPSA) is 0 Å². The van der Waals surface area contributed by atoms with E-state index in [0.29, 0.717) is 0 Å². The molecule has 0 aliphatic heterocycles. The summed E-state index contributed by atoms with van der Waals surface area (Å²) in [6.45, 7) is 8.80. The highest BCUT2D eigenvalue weighted by Gasteiger charge is 2.11. The first-order chi connectivity index (χ1) is 9.62. The van der Waals surface area contributed by atoms with Crippen molar-refractivity contribution in [3.63, 3.8) is 0 Å². The molecule has 0 aliphatic carbocycles. The number of hydrogen-bond acceptors (Lipinski definition) is 0. The minimum atomic E-state index is 1.06. The summed E-state index contributed by atoms with van der Waals surface area (Å²) in [5.41, 5.74) is 0. The molecule has 0 aliphatic rings. The molecule has 0 N–H and O–H groups in total. The second-order valence-electron chi connectivity index (χ2n) is 7.13. The maximum absolute atomic E-state index is 3.96. The molecule has 0 atom stereocenters. The van der Waals surface area contributed by atoms with E-state index in [2.05, 4.69) is 27.9 Å². The highest BCUT2D eigenvalue weighted by molar-refractivity contribution is 4.49. The van der Waals surface area contributed by atoms with Crippen LogP contribution in [-0.4, -0.2) is 31.7 Å². The van der Waals surface area contributed by atoms with E-state index < -0.39 is 0 Å².